The number of carbonyl (C=O) groups excluding carboxylic acids is 1. The number of aliphatic carboxylic acids is 1. The molecule has 0 aliphatic carbocycles. The van der Waals surface area contributed by atoms with E-state index in [1.54, 1.807) is 12.1 Å². The number of benzene rings is 1. The van der Waals surface area contributed by atoms with Crippen LogP contribution in [0.5, 0.6) is 0 Å². The molecule has 0 aliphatic rings. The largest absolute Gasteiger partial charge is 0.480 e. The molecule has 98 valence electrons. The van der Waals surface area contributed by atoms with Gasteiger partial charge in [-0.25, -0.2) is 9.59 Å². The van der Waals surface area contributed by atoms with E-state index in [4.69, 9.17) is 10.2 Å². The molecule has 0 bridgehead atoms. The normalized spacial score (nSPS) is 11.7. The molecule has 18 heavy (non-hydrogen) atoms. The molecule has 6 heteroatoms. The van der Waals surface area contributed by atoms with Gasteiger partial charge in [-0.05, 0) is 31.0 Å². The van der Waals surface area contributed by atoms with Crippen LogP contribution >= 0.6 is 0 Å². The van der Waals surface area contributed by atoms with Gasteiger partial charge in [0.1, 0.15) is 0 Å². The van der Waals surface area contributed by atoms with Crippen LogP contribution < -0.4 is 10.6 Å². The average molecular weight is 252 g/mol. The highest BCUT2D eigenvalue weighted by molar-refractivity contribution is 5.93. The summed E-state index contributed by atoms with van der Waals surface area (Å²) in [6, 6.07) is 3.45. The van der Waals surface area contributed by atoms with E-state index < -0.39 is 24.6 Å². The molecule has 0 fully saturated rings. The van der Waals surface area contributed by atoms with Crippen LogP contribution in [0, 0.1) is 13.8 Å². The van der Waals surface area contributed by atoms with Crippen molar-refractivity contribution in [1.29, 1.82) is 0 Å². The molecule has 1 unspecified atom stereocenters. The number of hydrogen-bond acceptors (Lipinski definition) is 3. The smallest absolute Gasteiger partial charge is 0.328 e. The molecule has 0 aliphatic heterocycles. The van der Waals surface area contributed by atoms with Crippen LogP contribution in [-0.2, 0) is 4.79 Å². The molecule has 0 saturated carbocycles. The van der Waals surface area contributed by atoms with Gasteiger partial charge in [0.15, 0.2) is 6.04 Å². The number of carboxylic acid groups (broad SMARTS) is 1. The van der Waals surface area contributed by atoms with E-state index in [2.05, 4.69) is 10.6 Å². The number of urea groups is 1. The molecule has 0 aromatic heterocycles. The summed E-state index contributed by atoms with van der Waals surface area (Å²) >= 11 is 0. The number of hydrogen-bond donors (Lipinski definition) is 4. The molecular weight excluding hydrogens is 236 g/mol. The first-order chi connectivity index (χ1) is 8.45. The lowest BCUT2D eigenvalue weighted by molar-refractivity contribution is -0.140. The minimum atomic E-state index is -1.31. The fourth-order valence-electron chi connectivity index (χ4n) is 1.39. The number of rotatable bonds is 4. The van der Waals surface area contributed by atoms with Crippen molar-refractivity contribution < 1.29 is 19.8 Å². The quantitative estimate of drug-likeness (QED) is 0.639. The minimum absolute atomic E-state index is 0.606. The predicted molar refractivity (Wildman–Crippen MR) is 66.6 cm³/mol. The summed E-state index contributed by atoms with van der Waals surface area (Å²) in [6.45, 7) is 3.10. The first-order valence-electron chi connectivity index (χ1n) is 5.43. The summed E-state index contributed by atoms with van der Waals surface area (Å²) in [7, 11) is 0. The second kappa shape index (κ2) is 6.02. The number of amides is 2. The van der Waals surface area contributed by atoms with Crippen molar-refractivity contribution in [3.8, 4) is 0 Å². The third-order valence-corrected chi connectivity index (χ3v) is 2.64. The van der Waals surface area contributed by atoms with Gasteiger partial charge in [-0.1, -0.05) is 12.1 Å². The number of carboxylic acids is 1. The Balaban J connectivity index is 2.70. The topological polar surface area (TPSA) is 98.7 Å². The lowest BCUT2D eigenvalue weighted by Gasteiger charge is -2.14. The SMILES string of the molecule is Cc1cccc(NC(=O)NC(CO)C(=O)O)c1C. The van der Waals surface area contributed by atoms with Gasteiger partial charge in [0.05, 0.1) is 6.61 Å². The molecule has 1 rings (SSSR count). The van der Waals surface area contributed by atoms with Crippen LogP contribution in [0.4, 0.5) is 10.5 Å². The van der Waals surface area contributed by atoms with Gasteiger partial charge in [0.2, 0.25) is 0 Å². The number of aliphatic hydroxyl groups is 1. The molecule has 0 radical (unpaired) electrons. The standard InChI is InChI=1S/C12H16N2O4/c1-7-4-3-5-9(8(7)2)13-12(18)14-10(6-15)11(16)17/h3-5,10,15H,6H2,1-2H3,(H,16,17)(H2,13,14,18). The van der Waals surface area contributed by atoms with Crippen molar-refractivity contribution in [2.24, 2.45) is 0 Å². The van der Waals surface area contributed by atoms with E-state index in [9.17, 15) is 9.59 Å². The van der Waals surface area contributed by atoms with E-state index in [0.717, 1.165) is 11.1 Å². The monoisotopic (exact) mass is 252 g/mol. The number of anilines is 1. The van der Waals surface area contributed by atoms with Crippen molar-refractivity contribution in [1.82, 2.24) is 5.32 Å². The van der Waals surface area contributed by atoms with E-state index >= 15 is 0 Å². The van der Waals surface area contributed by atoms with Crippen LogP contribution in [0.1, 0.15) is 11.1 Å². The van der Waals surface area contributed by atoms with E-state index in [1.807, 2.05) is 19.9 Å². The minimum Gasteiger partial charge on any atom is -0.480 e. The molecule has 1 atom stereocenters. The molecule has 2 amide bonds. The van der Waals surface area contributed by atoms with Gasteiger partial charge in [0.25, 0.3) is 0 Å². The van der Waals surface area contributed by atoms with Gasteiger partial charge in [-0.3, -0.25) is 0 Å². The van der Waals surface area contributed by atoms with Crippen LogP contribution in [0.25, 0.3) is 0 Å². The zero-order valence-electron chi connectivity index (χ0n) is 10.2. The maximum Gasteiger partial charge on any atom is 0.328 e. The van der Waals surface area contributed by atoms with Gasteiger partial charge < -0.3 is 20.8 Å². The Hall–Kier alpha value is -2.08. The van der Waals surface area contributed by atoms with Crippen molar-refractivity contribution in [2.75, 3.05) is 11.9 Å². The first-order valence-corrected chi connectivity index (χ1v) is 5.43. The summed E-state index contributed by atoms with van der Waals surface area (Å²) in [5.41, 5.74) is 2.53. The Morgan fingerprint density at radius 2 is 2.00 bits per heavy atom. The fourth-order valence-corrected chi connectivity index (χ4v) is 1.39. The number of carbonyl (C=O) groups is 2. The summed E-state index contributed by atoms with van der Waals surface area (Å²) < 4.78 is 0. The summed E-state index contributed by atoms with van der Waals surface area (Å²) in [5.74, 6) is -1.28. The highest BCUT2D eigenvalue weighted by Gasteiger charge is 2.18. The second-order valence-electron chi connectivity index (χ2n) is 3.92. The fraction of sp³-hybridized carbons (Fsp3) is 0.333. The maximum absolute atomic E-state index is 11.6. The summed E-state index contributed by atoms with van der Waals surface area (Å²) in [6.07, 6.45) is 0. The third-order valence-electron chi connectivity index (χ3n) is 2.64. The van der Waals surface area contributed by atoms with Crippen LogP contribution in [0.2, 0.25) is 0 Å². The van der Waals surface area contributed by atoms with Crippen molar-refractivity contribution in [2.45, 2.75) is 19.9 Å². The lowest BCUT2D eigenvalue weighted by atomic mass is 10.1. The van der Waals surface area contributed by atoms with Crippen molar-refractivity contribution in [3.05, 3.63) is 29.3 Å². The Labute approximate surface area is 105 Å². The molecular formula is C12H16N2O4. The molecule has 0 saturated heterocycles. The van der Waals surface area contributed by atoms with Crippen molar-refractivity contribution in [3.63, 3.8) is 0 Å². The molecule has 1 aromatic rings. The van der Waals surface area contributed by atoms with Gasteiger partial charge in [-0.15, -0.1) is 0 Å². The summed E-state index contributed by atoms with van der Waals surface area (Å²) in [4.78, 5) is 22.2. The number of aliphatic hydroxyl groups excluding tert-OH is 1. The highest BCUT2D eigenvalue weighted by Crippen LogP contribution is 2.17. The Morgan fingerprint density at radius 3 is 2.56 bits per heavy atom. The van der Waals surface area contributed by atoms with E-state index in [-0.39, 0.29) is 0 Å². The van der Waals surface area contributed by atoms with E-state index in [0.29, 0.717) is 5.69 Å². The number of nitrogens with one attached hydrogen (secondary N) is 2. The molecule has 6 nitrogen and oxygen atoms in total. The molecule has 1 aromatic carbocycles. The molecule has 0 spiro atoms. The van der Waals surface area contributed by atoms with Crippen molar-refractivity contribution >= 4 is 17.7 Å². The number of aryl methyl sites for hydroxylation is 1. The Morgan fingerprint density at radius 1 is 1.33 bits per heavy atom. The van der Waals surface area contributed by atoms with Crippen LogP contribution in [0.3, 0.4) is 0 Å². The van der Waals surface area contributed by atoms with Gasteiger partial charge >= 0.3 is 12.0 Å². The third kappa shape index (κ3) is 3.46. The highest BCUT2D eigenvalue weighted by atomic mass is 16.4. The zero-order valence-corrected chi connectivity index (χ0v) is 10.2. The maximum atomic E-state index is 11.6. The first kappa shape index (κ1) is 14.0. The van der Waals surface area contributed by atoms with Crippen LogP contribution in [-0.4, -0.2) is 34.9 Å². The zero-order chi connectivity index (χ0) is 13.7. The summed E-state index contributed by atoms with van der Waals surface area (Å²) in [5, 5.41) is 22.2. The lowest BCUT2D eigenvalue weighted by Crippen LogP contribution is -2.45. The molecule has 4 N–H and O–H groups in total. The van der Waals surface area contributed by atoms with Gasteiger partial charge in [-0.2, -0.15) is 0 Å². The Kier molecular flexibility index (Phi) is 4.67. The molecule has 0 heterocycles. The second-order valence-corrected chi connectivity index (χ2v) is 3.92. The van der Waals surface area contributed by atoms with Crippen LogP contribution in [0.15, 0.2) is 18.2 Å². The predicted octanol–water partition coefficient (Wildman–Crippen LogP) is 0.870. The van der Waals surface area contributed by atoms with Gasteiger partial charge in [0, 0.05) is 5.69 Å². The Bertz CT molecular complexity index is 459. The van der Waals surface area contributed by atoms with E-state index in [1.165, 1.54) is 0 Å². The average Bonchev–Trinajstić information content (AvgIpc) is 2.31.